The van der Waals surface area contributed by atoms with Crippen LogP contribution in [0.4, 0.5) is 8.78 Å². The largest absolute Gasteiger partial charge is 0.454 e. The van der Waals surface area contributed by atoms with E-state index < -0.39 is 6.61 Å². The molecule has 2 aromatic rings. The van der Waals surface area contributed by atoms with Gasteiger partial charge in [-0.3, -0.25) is 9.67 Å². The highest BCUT2D eigenvalue weighted by atomic mass is 127. The lowest BCUT2D eigenvalue weighted by Crippen LogP contribution is -2.38. The summed E-state index contributed by atoms with van der Waals surface area (Å²) >= 11 is 0. The number of aliphatic imine (C=N–C) groups is 1. The highest BCUT2D eigenvalue weighted by Crippen LogP contribution is 2.38. The number of hydrogen-bond donors (Lipinski definition) is 2. The minimum absolute atomic E-state index is 0. The van der Waals surface area contributed by atoms with E-state index in [0.717, 1.165) is 0 Å². The minimum Gasteiger partial charge on any atom is -0.454 e. The number of aromatic nitrogens is 2. The van der Waals surface area contributed by atoms with Gasteiger partial charge in [-0.25, -0.2) is 0 Å². The Morgan fingerprint density at radius 1 is 1.33 bits per heavy atom. The molecule has 0 radical (unpaired) electrons. The number of guanidine groups is 1. The predicted molar refractivity (Wildman–Crippen MR) is 105 cm³/mol. The van der Waals surface area contributed by atoms with Crippen molar-refractivity contribution in [2.75, 3.05) is 20.4 Å². The van der Waals surface area contributed by atoms with Gasteiger partial charge in [-0.1, -0.05) is 0 Å². The summed E-state index contributed by atoms with van der Waals surface area (Å²) in [5, 5.41) is 10.3. The molecular formula is C16H20F2IN5O3. The van der Waals surface area contributed by atoms with E-state index in [-0.39, 0.29) is 43.1 Å². The number of nitrogens with zero attached hydrogens (tertiary/aromatic N) is 3. The van der Waals surface area contributed by atoms with Crippen LogP contribution in [0, 0.1) is 0 Å². The minimum atomic E-state index is -2.93. The quantitative estimate of drug-likeness (QED) is 0.349. The van der Waals surface area contributed by atoms with Crippen molar-refractivity contribution in [3.63, 3.8) is 0 Å². The SMILES string of the molecule is CN=C(NCCn1cccn1)NCc1cc2c(cc1OC(F)F)OCO2.I. The second-order valence-corrected chi connectivity index (χ2v) is 5.31. The monoisotopic (exact) mass is 495 g/mol. The fraction of sp³-hybridized carbons (Fsp3) is 0.375. The number of benzene rings is 1. The first-order chi connectivity index (χ1) is 12.7. The first kappa shape index (κ1) is 21.0. The average Bonchev–Trinajstić information content (AvgIpc) is 3.28. The summed E-state index contributed by atoms with van der Waals surface area (Å²) in [6, 6.07) is 4.86. The third kappa shape index (κ3) is 5.84. The smallest absolute Gasteiger partial charge is 0.387 e. The predicted octanol–water partition coefficient (Wildman–Crippen LogP) is 2.20. The van der Waals surface area contributed by atoms with Crippen molar-refractivity contribution in [2.24, 2.45) is 4.99 Å². The maximum absolute atomic E-state index is 12.7. The lowest BCUT2D eigenvalue weighted by atomic mass is 10.1. The number of alkyl halides is 2. The molecule has 0 unspecified atom stereocenters. The fourth-order valence-electron chi connectivity index (χ4n) is 2.43. The Morgan fingerprint density at radius 2 is 2.11 bits per heavy atom. The van der Waals surface area contributed by atoms with Crippen molar-refractivity contribution in [3.05, 3.63) is 36.2 Å². The lowest BCUT2D eigenvalue weighted by molar-refractivity contribution is -0.0505. The van der Waals surface area contributed by atoms with Crippen molar-refractivity contribution in [1.29, 1.82) is 0 Å². The van der Waals surface area contributed by atoms with E-state index in [1.807, 2.05) is 12.3 Å². The van der Waals surface area contributed by atoms with Crippen LogP contribution in [0.15, 0.2) is 35.6 Å². The van der Waals surface area contributed by atoms with Gasteiger partial charge >= 0.3 is 6.61 Å². The maximum atomic E-state index is 12.7. The van der Waals surface area contributed by atoms with E-state index in [0.29, 0.717) is 36.1 Å². The van der Waals surface area contributed by atoms with Crippen LogP contribution in [0.5, 0.6) is 17.2 Å². The van der Waals surface area contributed by atoms with Gasteiger partial charge in [-0.05, 0) is 12.1 Å². The van der Waals surface area contributed by atoms with Crippen LogP contribution in [0.25, 0.3) is 0 Å². The third-order valence-electron chi connectivity index (χ3n) is 3.63. The molecule has 1 aliphatic rings. The second-order valence-electron chi connectivity index (χ2n) is 5.31. The average molecular weight is 495 g/mol. The topological polar surface area (TPSA) is 81.9 Å². The van der Waals surface area contributed by atoms with Gasteiger partial charge in [0.2, 0.25) is 6.79 Å². The highest BCUT2D eigenvalue weighted by molar-refractivity contribution is 14.0. The number of ether oxygens (including phenoxy) is 3. The standard InChI is InChI=1S/C16H19F2N5O3.HI/c1-19-16(20-4-6-23-5-2-3-22-23)21-9-11-7-13-14(25-10-24-13)8-12(11)26-15(17)18;/h2-3,5,7-8,15H,4,6,9-10H2,1H3,(H2,19,20,21);1H. The summed E-state index contributed by atoms with van der Waals surface area (Å²) in [6.45, 7) is -1.39. The molecular weight excluding hydrogens is 475 g/mol. The number of halogens is 3. The van der Waals surface area contributed by atoms with Crippen molar-refractivity contribution in [3.8, 4) is 17.2 Å². The summed E-state index contributed by atoms with van der Waals surface area (Å²) in [5.41, 5.74) is 0.504. The van der Waals surface area contributed by atoms with Crippen molar-refractivity contribution >= 4 is 29.9 Å². The lowest BCUT2D eigenvalue weighted by Gasteiger charge is -2.15. The third-order valence-corrected chi connectivity index (χ3v) is 3.63. The number of rotatable bonds is 7. The molecule has 1 aliphatic heterocycles. The zero-order valence-corrected chi connectivity index (χ0v) is 16.9. The van der Waals surface area contributed by atoms with Crippen molar-refractivity contribution in [2.45, 2.75) is 19.7 Å². The van der Waals surface area contributed by atoms with Gasteiger partial charge in [-0.2, -0.15) is 13.9 Å². The van der Waals surface area contributed by atoms with Crippen molar-refractivity contribution < 1.29 is 23.0 Å². The summed E-state index contributed by atoms with van der Waals surface area (Å²) < 4.78 is 42.2. The zero-order chi connectivity index (χ0) is 18.4. The molecule has 0 spiro atoms. The molecule has 8 nitrogen and oxygen atoms in total. The molecule has 2 heterocycles. The molecule has 0 bridgehead atoms. The Morgan fingerprint density at radius 3 is 2.78 bits per heavy atom. The van der Waals surface area contributed by atoms with Gasteiger partial charge in [-0.15, -0.1) is 24.0 Å². The molecule has 0 saturated carbocycles. The van der Waals surface area contributed by atoms with E-state index in [2.05, 4.69) is 25.5 Å². The van der Waals surface area contributed by atoms with Crippen LogP contribution in [0.1, 0.15) is 5.56 Å². The summed E-state index contributed by atoms with van der Waals surface area (Å²) in [7, 11) is 1.62. The molecule has 2 N–H and O–H groups in total. The van der Waals surface area contributed by atoms with Gasteiger partial charge in [0.05, 0.1) is 6.54 Å². The van der Waals surface area contributed by atoms with Gasteiger partial charge in [0, 0.05) is 44.2 Å². The molecule has 1 aromatic heterocycles. The fourth-order valence-corrected chi connectivity index (χ4v) is 2.43. The second kappa shape index (κ2) is 10.1. The van der Waals surface area contributed by atoms with E-state index in [1.165, 1.54) is 6.07 Å². The molecule has 0 aliphatic carbocycles. The maximum Gasteiger partial charge on any atom is 0.387 e. The van der Waals surface area contributed by atoms with Crippen LogP contribution < -0.4 is 24.8 Å². The number of nitrogens with one attached hydrogen (secondary N) is 2. The molecule has 1 aromatic carbocycles. The molecule has 0 amide bonds. The number of hydrogen-bond acceptors (Lipinski definition) is 5. The van der Waals surface area contributed by atoms with Crippen LogP contribution in [-0.4, -0.2) is 42.7 Å². The van der Waals surface area contributed by atoms with Crippen LogP contribution in [0.2, 0.25) is 0 Å². The van der Waals surface area contributed by atoms with Gasteiger partial charge < -0.3 is 24.8 Å². The van der Waals surface area contributed by atoms with Crippen LogP contribution >= 0.6 is 24.0 Å². The molecule has 27 heavy (non-hydrogen) atoms. The molecule has 11 heteroatoms. The Labute approximate surface area is 171 Å². The Kier molecular flexibility index (Phi) is 7.88. The molecule has 0 saturated heterocycles. The molecule has 0 atom stereocenters. The zero-order valence-electron chi connectivity index (χ0n) is 14.5. The van der Waals surface area contributed by atoms with Gasteiger partial charge in [0.25, 0.3) is 0 Å². The van der Waals surface area contributed by atoms with E-state index in [1.54, 1.807) is 24.0 Å². The first-order valence-corrected chi connectivity index (χ1v) is 7.95. The first-order valence-electron chi connectivity index (χ1n) is 7.95. The summed E-state index contributed by atoms with van der Waals surface area (Å²) in [6.07, 6.45) is 3.57. The van der Waals surface area contributed by atoms with Crippen LogP contribution in [0.3, 0.4) is 0 Å². The number of fused-ring (bicyclic) bond motifs is 1. The Balaban J connectivity index is 0.00000261. The normalized spacial score (nSPS) is 12.7. The van der Waals surface area contributed by atoms with Crippen LogP contribution in [-0.2, 0) is 13.1 Å². The summed E-state index contributed by atoms with van der Waals surface area (Å²) in [5.74, 6) is 1.43. The Hall–Kier alpha value is -2.31. The molecule has 3 rings (SSSR count). The van der Waals surface area contributed by atoms with E-state index in [9.17, 15) is 8.78 Å². The Bertz CT molecular complexity index is 759. The van der Waals surface area contributed by atoms with Crippen molar-refractivity contribution in [1.82, 2.24) is 20.4 Å². The van der Waals surface area contributed by atoms with E-state index in [4.69, 9.17) is 9.47 Å². The van der Waals surface area contributed by atoms with Gasteiger partial charge in [0.15, 0.2) is 17.5 Å². The highest BCUT2D eigenvalue weighted by Gasteiger charge is 2.20. The molecule has 148 valence electrons. The summed E-state index contributed by atoms with van der Waals surface area (Å²) in [4.78, 5) is 4.10. The van der Waals surface area contributed by atoms with Gasteiger partial charge in [0.1, 0.15) is 5.75 Å². The van der Waals surface area contributed by atoms with E-state index >= 15 is 0 Å². The molecule has 0 fully saturated rings.